The van der Waals surface area contributed by atoms with Crippen molar-refractivity contribution in [1.29, 1.82) is 0 Å². The molecule has 0 spiro atoms. The van der Waals surface area contributed by atoms with Gasteiger partial charge in [0.05, 0.1) is 16.8 Å². The molecule has 4 saturated carbocycles. The first kappa shape index (κ1) is 20.0. The normalized spacial score (nSPS) is 30.6. The molecule has 1 heterocycles. The maximum atomic E-state index is 13.4. The molecule has 1 unspecified atom stereocenters. The zero-order chi connectivity index (χ0) is 20.9. The molecule has 5 nitrogen and oxygen atoms in total. The van der Waals surface area contributed by atoms with E-state index < -0.39 is 6.04 Å². The van der Waals surface area contributed by atoms with E-state index in [2.05, 4.69) is 15.6 Å². The molecule has 30 heavy (non-hydrogen) atoms. The van der Waals surface area contributed by atoms with Gasteiger partial charge >= 0.3 is 0 Å². The number of benzene rings is 1. The molecular formula is C24H31N3O2S. The van der Waals surface area contributed by atoms with Crippen molar-refractivity contribution < 1.29 is 9.59 Å². The number of fused-ring (bicyclic) bond motifs is 1. The monoisotopic (exact) mass is 425 g/mol. The van der Waals surface area contributed by atoms with Crippen LogP contribution in [0.4, 0.5) is 0 Å². The van der Waals surface area contributed by atoms with Crippen LogP contribution in [0.2, 0.25) is 0 Å². The highest BCUT2D eigenvalue weighted by Crippen LogP contribution is 2.60. The Labute approximate surface area is 182 Å². The van der Waals surface area contributed by atoms with Gasteiger partial charge in [-0.25, -0.2) is 4.98 Å². The standard InChI is InChI=1S/C24H31N3O2S/c1-14(2)21(22(28)25-13-20-26-18-5-3-4-6-19(18)30-20)27-23(29)24-10-15-7-16(11-24)9-17(8-15)12-24/h3-6,14-17,21H,7-13H2,1-2H3,(H,25,28)(H,27,29). The molecule has 6 rings (SSSR count). The first-order valence-corrected chi connectivity index (χ1v) is 12.2. The molecule has 0 aliphatic heterocycles. The molecule has 4 aliphatic carbocycles. The van der Waals surface area contributed by atoms with Crippen molar-refractivity contribution in [3.8, 4) is 0 Å². The van der Waals surface area contributed by atoms with Gasteiger partial charge in [0, 0.05) is 5.41 Å². The summed E-state index contributed by atoms with van der Waals surface area (Å²) >= 11 is 1.60. The van der Waals surface area contributed by atoms with Crippen LogP contribution in [-0.4, -0.2) is 22.8 Å². The second kappa shape index (κ2) is 7.63. The third-order valence-corrected chi connectivity index (χ3v) is 8.54. The second-order valence-corrected chi connectivity index (χ2v) is 11.3. The van der Waals surface area contributed by atoms with E-state index in [9.17, 15) is 9.59 Å². The average molecular weight is 426 g/mol. The minimum atomic E-state index is -0.500. The first-order chi connectivity index (χ1) is 14.4. The number of nitrogens with one attached hydrogen (secondary N) is 2. The number of hydrogen-bond donors (Lipinski definition) is 2. The second-order valence-electron chi connectivity index (χ2n) is 10.2. The Bertz CT molecular complexity index is 898. The van der Waals surface area contributed by atoms with Crippen LogP contribution >= 0.6 is 11.3 Å². The van der Waals surface area contributed by atoms with Crippen molar-refractivity contribution in [3.05, 3.63) is 29.3 Å². The molecule has 2 amide bonds. The summed E-state index contributed by atoms with van der Waals surface area (Å²) in [6, 6.07) is 7.50. The molecule has 160 valence electrons. The van der Waals surface area contributed by atoms with E-state index >= 15 is 0 Å². The highest BCUT2D eigenvalue weighted by atomic mass is 32.1. The van der Waals surface area contributed by atoms with Gasteiger partial charge in [-0.15, -0.1) is 11.3 Å². The fourth-order valence-corrected chi connectivity index (χ4v) is 7.39. The van der Waals surface area contributed by atoms with Gasteiger partial charge < -0.3 is 10.6 Å². The lowest BCUT2D eigenvalue weighted by Crippen LogP contribution is -2.58. The molecule has 0 saturated heterocycles. The fourth-order valence-electron chi connectivity index (χ4n) is 6.49. The smallest absolute Gasteiger partial charge is 0.243 e. The van der Waals surface area contributed by atoms with Gasteiger partial charge in [-0.3, -0.25) is 9.59 Å². The third kappa shape index (κ3) is 3.64. The summed E-state index contributed by atoms with van der Waals surface area (Å²) in [5.41, 5.74) is 0.733. The van der Waals surface area contributed by atoms with Crippen LogP contribution in [0.5, 0.6) is 0 Å². The maximum absolute atomic E-state index is 13.4. The van der Waals surface area contributed by atoms with E-state index in [1.165, 1.54) is 19.3 Å². The van der Waals surface area contributed by atoms with Crippen molar-refractivity contribution >= 4 is 33.4 Å². The number of amides is 2. The van der Waals surface area contributed by atoms with Crippen molar-refractivity contribution in [1.82, 2.24) is 15.6 Å². The minimum absolute atomic E-state index is 0.0400. The number of para-hydroxylation sites is 1. The molecule has 4 bridgehead atoms. The Morgan fingerprint density at radius 2 is 1.73 bits per heavy atom. The predicted molar refractivity (Wildman–Crippen MR) is 119 cm³/mol. The zero-order valence-corrected chi connectivity index (χ0v) is 18.6. The number of hydrogen-bond acceptors (Lipinski definition) is 4. The van der Waals surface area contributed by atoms with E-state index in [1.807, 2.05) is 38.1 Å². The summed E-state index contributed by atoms with van der Waals surface area (Å²) in [6.07, 6.45) is 6.98. The number of carbonyl (C=O) groups excluding carboxylic acids is 2. The van der Waals surface area contributed by atoms with E-state index in [0.717, 1.165) is 34.5 Å². The van der Waals surface area contributed by atoms with Crippen LogP contribution in [0.3, 0.4) is 0 Å². The lowest BCUT2D eigenvalue weighted by Gasteiger charge is -2.55. The Morgan fingerprint density at radius 1 is 1.10 bits per heavy atom. The topological polar surface area (TPSA) is 71.1 Å². The number of carbonyl (C=O) groups is 2. The highest BCUT2D eigenvalue weighted by Gasteiger charge is 2.55. The van der Waals surface area contributed by atoms with Crippen LogP contribution in [0.1, 0.15) is 57.4 Å². The zero-order valence-electron chi connectivity index (χ0n) is 17.8. The van der Waals surface area contributed by atoms with E-state index in [0.29, 0.717) is 24.3 Å². The van der Waals surface area contributed by atoms with Crippen LogP contribution in [0, 0.1) is 29.1 Å². The summed E-state index contributed by atoms with van der Waals surface area (Å²) in [7, 11) is 0. The summed E-state index contributed by atoms with van der Waals surface area (Å²) < 4.78 is 1.12. The molecule has 0 radical (unpaired) electrons. The molecule has 6 heteroatoms. The molecule has 1 atom stereocenters. The largest absolute Gasteiger partial charge is 0.348 e. The molecule has 4 fully saturated rings. The lowest BCUT2D eigenvalue weighted by molar-refractivity contribution is -0.149. The van der Waals surface area contributed by atoms with E-state index in [-0.39, 0.29) is 23.1 Å². The van der Waals surface area contributed by atoms with Crippen molar-refractivity contribution in [3.63, 3.8) is 0 Å². The maximum Gasteiger partial charge on any atom is 0.243 e. The molecule has 4 aliphatic rings. The number of aromatic nitrogens is 1. The Hall–Kier alpha value is -1.95. The van der Waals surface area contributed by atoms with Crippen molar-refractivity contribution in [2.24, 2.45) is 29.1 Å². The van der Waals surface area contributed by atoms with Crippen LogP contribution in [0.25, 0.3) is 10.2 Å². The van der Waals surface area contributed by atoms with Crippen molar-refractivity contribution in [2.45, 2.75) is 65.0 Å². The summed E-state index contributed by atoms with van der Waals surface area (Å²) in [6.45, 7) is 4.40. The minimum Gasteiger partial charge on any atom is -0.348 e. The number of nitrogens with zero attached hydrogens (tertiary/aromatic N) is 1. The third-order valence-electron chi connectivity index (χ3n) is 7.51. The van der Waals surface area contributed by atoms with Crippen LogP contribution < -0.4 is 10.6 Å². The quantitative estimate of drug-likeness (QED) is 0.726. The molecule has 2 N–H and O–H groups in total. The summed E-state index contributed by atoms with van der Waals surface area (Å²) in [5.74, 6) is 2.20. The van der Waals surface area contributed by atoms with Gasteiger partial charge in [0.25, 0.3) is 0 Å². The van der Waals surface area contributed by atoms with Crippen molar-refractivity contribution in [2.75, 3.05) is 0 Å². The van der Waals surface area contributed by atoms with Gasteiger partial charge in [-0.05, 0) is 74.3 Å². The number of thiazole rings is 1. The van der Waals surface area contributed by atoms with E-state index in [4.69, 9.17) is 0 Å². The molecular weight excluding hydrogens is 394 g/mol. The SMILES string of the molecule is CC(C)C(NC(=O)C12CC3CC(CC(C3)C1)C2)C(=O)NCc1nc2ccccc2s1. The number of rotatable bonds is 6. The van der Waals surface area contributed by atoms with E-state index in [1.54, 1.807) is 11.3 Å². The van der Waals surface area contributed by atoms with Crippen LogP contribution in [-0.2, 0) is 16.1 Å². The van der Waals surface area contributed by atoms with Gasteiger partial charge in [0.1, 0.15) is 11.0 Å². The first-order valence-electron chi connectivity index (χ1n) is 11.3. The van der Waals surface area contributed by atoms with Gasteiger partial charge in [-0.2, -0.15) is 0 Å². The molecule has 1 aromatic heterocycles. The highest BCUT2D eigenvalue weighted by molar-refractivity contribution is 7.18. The summed E-state index contributed by atoms with van der Waals surface area (Å²) in [5, 5.41) is 7.07. The average Bonchev–Trinajstić information content (AvgIpc) is 3.12. The Balaban J connectivity index is 1.24. The molecule has 2 aromatic rings. The predicted octanol–water partition coefficient (Wildman–Crippen LogP) is 4.27. The van der Waals surface area contributed by atoms with Gasteiger partial charge in [0.2, 0.25) is 11.8 Å². The van der Waals surface area contributed by atoms with Gasteiger partial charge in [-0.1, -0.05) is 26.0 Å². The van der Waals surface area contributed by atoms with Crippen LogP contribution in [0.15, 0.2) is 24.3 Å². The Kier molecular flexibility index (Phi) is 5.08. The lowest BCUT2D eigenvalue weighted by atomic mass is 9.49. The Morgan fingerprint density at radius 3 is 2.33 bits per heavy atom. The summed E-state index contributed by atoms with van der Waals surface area (Å²) in [4.78, 5) is 31.0. The van der Waals surface area contributed by atoms with Gasteiger partial charge in [0.15, 0.2) is 0 Å². The fraction of sp³-hybridized carbons (Fsp3) is 0.625. The molecule has 1 aromatic carbocycles.